The zero-order chi connectivity index (χ0) is 15.7. The van der Waals surface area contributed by atoms with Crippen molar-refractivity contribution in [1.29, 1.82) is 0 Å². The van der Waals surface area contributed by atoms with Crippen LogP contribution < -0.4 is 11.3 Å². The van der Waals surface area contributed by atoms with Gasteiger partial charge in [-0.1, -0.05) is 13.0 Å². The molecule has 0 spiro atoms. The van der Waals surface area contributed by atoms with E-state index in [-0.39, 0.29) is 5.56 Å². The maximum atomic E-state index is 12.3. The van der Waals surface area contributed by atoms with Gasteiger partial charge in [-0.3, -0.25) is 14.1 Å². The molecule has 5 nitrogen and oxygen atoms in total. The number of hydrogen-bond donors (Lipinski definition) is 1. The van der Waals surface area contributed by atoms with Gasteiger partial charge in [-0.15, -0.1) is 0 Å². The van der Waals surface area contributed by atoms with E-state index in [2.05, 4.69) is 16.8 Å². The fourth-order valence-corrected chi connectivity index (χ4v) is 3.24. The molecule has 1 saturated heterocycles. The summed E-state index contributed by atoms with van der Waals surface area (Å²) >= 11 is 0. The number of rotatable bonds is 3. The maximum Gasteiger partial charge on any atom is 0.258 e. The third-order valence-corrected chi connectivity index (χ3v) is 4.75. The van der Waals surface area contributed by atoms with Gasteiger partial charge in [0.15, 0.2) is 0 Å². The number of piperidine rings is 1. The summed E-state index contributed by atoms with van der Waals surface area (Å²) in [6, 6.07) is 5.54. The third kappa shape index (κ3) is 3.05. The van der Waals surface area contributed by atoms with Gasteiger partial charge >= 0.3 is 0 Å². The topological polar surface area (TPSA) is 63.6 Å². The molecule has 22 heavy (non-hydrogen) atoms. The molecule has 2 N–H and O–H groups in total. The van der Waals surface area contributed by atoms with Gasteiger partial charge in [0, 0.05) is 25.4 Å². The summed E-state index contributed by atoms with van der Waals surface area (Å²) in [5, 5.41) is 0. The lowest BCUT2D eigenvalue weighted by Gasteiger charge is -2.36. The third-order valence-electron chi connectivity index (χ3n) is 4.75. The summed E-state index contributed by atoms with van der Waals surface area (Å²) in [5.74, 6) is 1.22. The van der Waals surface area contributed by atoms with Crippen LogP contribution in [-0.2, 0) is 6.54 Å². The first-order chi connectivity index (χ1) is 10.6. The molecule has 0 aromatic carbocycles. The van der Waals surface area contributed by atoms with Crippen molar-refractivity contribution in [2.24, 2.45) is 17.6 Å². The minimum absolute atomic E-state index is 0.00977. The average Bonchev–Trinajstić information content (AvgIpc) is 2.50. The van der Waals surface area contributed by atoms with Crippen LogP contribution in [0.2, 0.25) is 0 Å². The second-order valence-corrected chi connectivity index (χ2v) is 6.52. The van der Waals surface area contributed by atoms with Crippen LogP contribution in [0, 0.1) is 18.8 Å². The van der Waals surface area contributed by atoms with Gasteiger partial charge in [-0.2, -0.15) is 0 Å². The van der Waals surface area contributed by atoms with Crippen molar-refractivity contribution >= 4 is 5.65 Å². The van der Waals surface area contributed by atoms with E-state index in [1.54, 1.807) is 10.5 Å². The number of likely N-dealkylation sites (tertiary alicyclic amines) is 1. The first-order valence-corrected chi connectivity index (χ1v) is 7.98. The summed E-state index contributed by atoms with van der Waals surface area (Å²) in [7, 11) is 0. The van der Waals surface area contributed by atoms with Gasteiger partial charge in [0.05, 0.1) is 5.69 Å². The molecule has 2 atom stereocenters. The van der Waals surface area contributed by atoms with Gasteiger partial charge < -0.3 is 5.73 Å². The summed E-state index contributed by atoms with van der Waals surface area (Å²) in [4.78, 5) is 19.2. The molecule has 1 aliphatic heterocycles. The Morgan fingerprint density at radius 1 is 1.41 bits per heavy atom. The van der Waals surface area contributed by atoms with Crippen LogP contribution in [0.25, 0.3) is 5.65 Å². The molecular formula is C17H24N4O. The lowest BCUT2D eigenvalue weighted by Crippen LogP contribution is -2.42. The zero-order valence-corrected chi connectivity index (χ0v) is 13.3. The Labute approximate surface area is 130 Å². The number of aromatic nitrogens is 2. The molecule has 5 heteroatoms. The van der Waals surface area contributed by atoms with Gasteiger partial charge in [0.2, 0.25) is 0 Å². The molecule has 2 unspecified atom stereocenters. The number of aryl methyl sites for hydroxylation is 1. The molecule has 1 aliphatic rings. The zero-order valence-electron chi connectivity index (χ0n) is 13.3. The Kier molecular flexibility index (Phi) is 4.27. The van der Waals surface area contributed by atoms with Gasteiger partial charge in [-0.05, 0) is 49.9 Å². The molecule has 3 rings (SSSR count). The highest BCUT2D eigenvalue weighted by Crippen LogP contribution is 2.23. The molecule has 0 radical (unpaired) electrons. The van der Waals surface area contributed by atoms with E-state index in [1.807, 2.05) is 25.3 Å². The van der Waals surface area contributed by atoms with E-state index < -0.39 is 0 Å². The average molecular weight is 300 g/mol. The van der Waals surface area contributed by atoms with Crippen LogP contribution in [0.3, 0.4) is 0 Å². The summed E-state index contributed by atoms with van der Waals surface area (Å²) in [6.45, 7) is 7.74. The normalized spacial score (nSPS) is 23.0. The largest absolute Gasteiger partial charge is 0.330 e. The van der Waals surface area contributed by atoms with E-state index in [4.69, 9.17) is 5.73 Å². The first-order valence-electron chi connectivity index (χ1n) is 7.98. The molecular weight excluding hydrogens is 276 g/mol. The monoisotopic (exact) mass is 300 g/mol. The van der Waals surface area contributed by atoms with Crippen molar-refractivity contribution in [3.05, 3.63) is 46.0 Å². The van der Waals surface area contributed by atoms with E-state index in [9.17, 15) is 4.79 Å². The molecule has 118 valence electrons. The van der Waals surface area contributed by atoms with Crippen LogP contribution in [-0.4, -0.2) is 33.9 Å². The van der Waals surface area contributed by atoms with Crippen LogP contribution in [0.15, 0.2) is 29.2 Å². The Morgan fingerprint density at radius 2 is 2.23 bits per heavy atom. The second-order valence-electron chi connectivity index (χ2n) is 6.52. The fraction of sp³-hybridized carbons (Fsp3) is 0.529. The summed E-state index contributed by atoms with van der Waals surface area (Å²) in [5.41, 5.74) is 8.48. The quantitative estimate of drug-likeness (QED) is 0.931. The smallest absolute Gasteiger partial charge is 0.258 e. The van der Waals surface area contributed by atoms with Gasteiger partial charge in [-0.25, -0.2) is 4.98 Å². The molecule has 0 bridgehead atoms. The van der Waals surface area contributed by atoms with Crippen molar-refractivity contribution < 1.29 is 0 Å². The van der Waals surface area contributed by atoms with Crippen molar-refractivity contribution in [3.8, 4) is 0 Å². The summed E-state index contributed by atoms with van der Waals surface area (Å²) in [6.07, 6.45) is 3.00. The number of hydrogen-bond acceptors (Lipinski definition) is 4. The molecule has 0 aliphatic carbocycles. The molecule has 3 heterocycles. The Hall–Kier alpha value is -1.72. The molecule has 2 aromatic heterocycles. The Morgan fingerprint density at radius 3 is 3.00 bits per heavy atom. The highest BCUT2D eigenvalue weighted by molar-refractivity contribution is 5.39. The van der Waals surface area contributed by atoms with Crippen molar-refractivity contribution in [1.82, 2.24) is 14.3 Å². The maximum absolute atomic E-state index is 12.3. The number of pyridine rings is 1. The highest BCUT2D eigenvalue weighted by atomic mass is 16.1. The molecule has 1 fully saturated rings. The molecule has 0 amide bonds. The van der Waals surface area contributed by atoms with Crippen LogP contribution in [0.5, 0.6) is 0 Å². The predicted octanol–water partition coefficient (Wildman–Crippen LogP) is 1.42. The Balaban J connectivity index is 1.82. The van der Waals surface area contributed by atoms with Crippen LogP contribution in [0.1, 0.15) is 24.6 Å². The standard InChI is InChI=1S/C17H24N4O/c1-12-3-4-16-19-15(7-17(22)21(16)9-12)11-20-6-5-13(2)14(8-18)10-20/h3-4,7,9,13-14H,5-6,8,10-11,18H2,1-2H3. The first kappa shape index (κ1) is 15.2. The van der Waals surface area contributed by atoms with E-state index >= 15 is 0 Å². The van der Waals surface area contributed by atoms with Crippen molar-refractivity contribution in [2.75, 3.05) is 19.6 Å². The predicted molar refractivity (Wildman–Crippen MR) is 87.8 cm³/mol. The minimum Gasteiger partial charge on any atom is -0.330 e. The van der Waals surface area contributed by atoms with E-state index in [0.717, 1.165) is 43.9 Å². The number of nitrogens with two attached hydrogens (primary N) is 1. The SMILES string of the molecule is Cc1ccc2nc(CN3CCC(C)C(CN)C3)cc(=O)n2c1. The molecule has 2 aromatic rings. The van der Waals surface area contributed by atoms with Crippen LogP contribution in [0.4, 0.5) is 0 Å². The highest BCUT2D eigenvalue weighted by Gasteiger charge is 2.25. The fourth-order valence-electron chi connectivity index (χ4n) is 3.24. The van der Waals surface area contributed by atoms with Gasteiger partial charge in [0.1, 0.15) is 5.65 Å². The minimum atomic E-state index is -0.00977. The summed E-state index contributed by atoms with van der Waals surface area (Å²) < 4.78 is 1.61. The lowest BCUT2D eigenvalue weighted by molar-refractivity contribution is 0.125. The molecule has 0 saturated carbocycles. The van der Waals surface area contributed by atoms with Crippen molar-refractivity contribution in [2.45, 2.75) is 26.8 Å². The second kappa shape index (κ2) is 6.18. The van der Waals surface area contributed by atoms with E-state index in [1.165, 1.54) is 0 Å². The van der Waals surface area contributed by atoms with Crippen LogP contribution >= 0.6 is 0 Å². The number of nitrogens with zero attached hydrogens (tertiary/aromatic N) is 3. The van der Waals surface area contributed by atoms with Crippen molar-refractivity contribution in [3.63, 3.8) is 0 Å². The van der Waals surface area contributed by atoms with E-state index in [0.29, 0.717) is 17.5 Å². The Bertz CT molecular complexity index is 724. The number of fused-ring (bicyclic) bond motifs is 1. The van der Waals surface area contributed by atoms with Gasteiger partial charge in [0.25, 0.3) is 5.56 Å². The lowest BCUT2D eigenvalue weighted by atomic mass is 9.87.